The summed E-state index contributed by atoms with van der Waals surface area (Å²) >= 11 is 0. The first-order valence-electron chi connectivity index (χ1n) is 5.85. The number of fused-ring (bicyclic) bond motifs is 3. The maximum absolute atomic E-state index is 11.6. The second-order valence-electron chi connectivity index (χ2n) is 4.90. The number of rotatable bonds is 1. The molecule has 1 N–H and O–H groups in total. The van der Waals surface area contributed by atoms with Gasteiger partial charge in [0.15, 0.2) is 5.78 Å². The van der Waals surface area contributed by atoms with Crippen LogP contribution in [0.25, 0.3) is 5.57 Å². The summed E-state index contributed by atoms with van der Waals surface area (Å²) in [4.78, 5) is 11.6. The molecular formula is C15H14O2. The molecule has 1 atom stereocenters. The van der Waals surface area contributed by atoms with E-state index in [0.29, 0.717) is 6.42 Å². The van der Waals surface area contributed by atoms with Gasteiger partial charge in [0.2, 0.25) is 0 Å². The fourth-order valence-corrected chi connectivity index (χ4v) is 3.00. The summed E-state index contributed by atoms with van der Waals surface area (Å²) in [5.74, 6) is 0.479. The molecule has 1 unspecified atom stereocenters. The SMILES string of the molecule is C=CC12CCC(=O)C=C1c1ccc(O)cc1C2. The number of phenolic OH excluding ortho intramolecular Hbond substituents is 1. The van der Waals surface area contributed by atoms with Crippen LogP contribution in [0, 0.1) is 5.41 Å². The Balaban J connectivity index is 2.22. The van der Waals surface area contributed by atoms with Crippen molar-refractivity contribution in [3.8, 4) is 5.75 Å². The number of aromatic hydroxyl groups is 1. The van der Waals surface area contributed by atoms with Gasteiger partial charge in [0, 0.05) is 11.8 Å². The van der Waals surface area contributed by atoms with E-state index in [0.717, 1.165) is 29.5 Å². The summed E-state index contributed by atoms with van der Waals surface area (Å²) < 4.78 is 0. The van der Waals surface area contributed by atoms with Crippen molar-refractivity contribution in [1.29, 1.82) is 0 Å². The number of allylic oxidation sites excluding steroid dienone is 3. The van der Waals surface area contributed by atoms with E-state index in [2.05, 4.69) is 6.58 Å². The van der Waals surface area contributed by atoms with Gasteiger partial charge in [0.25, 0.3) is 0 Å². The molecule has 1 aromatic rings. The minimum atomic E-state index is -0.0932. The van der Waals surface area contributed by atoms with Crippen LogP contribution in [0.15, 0.2) is 36.9 Å². The highest BCUT2D eigenvalue weighted by molar-refractivity contribution is 6.01. The fourth-order valence-electron chi connectivity index (χ4n) is 3.00. The van der Waals surface area contributed by atoms with Gasteiger partial charge in [-0.05, 0) is 47.8 Å². The maximum atomic E-state index is 11.6. The molecule has 2 aliphatic carbocycles. The van der Waals surface area contributed by atoms with E-state index in [1.807, 2.05) is 12.1 Å². The van der Waals surface area contributed by atoms with Crippen LogP contribution in [-0.2, 0) is 11.2 Å². The number of hydrogen-bond acceptors (Lipinski definition) is 2. The first-order valence-corrected chi connectivity index (χ1v) is 5.85. The van der Waals surface area contributed by atoms with Crippen molar-refractivity contribution in [2.24, 2.45) is 5.41 Å². The first-order chi connectivity index (χ1) is 8.14. The standard InChI is InChI=1S/C15H14O2/c1-2-15-6-5-12(17)8-14(15)13-4-3-11(16)7-10(13)9-15/h2-4,7-8,16H,1,5-6,9H2. The second kappa shape index (κ2) is 3.33. The van der Waals surface area contributed by atoms with Crippen LogP contribution in [0.4, 0.5) is 0 Å². The molecular weight excluding hydrogens is 212 g/mol. The zero-order valence-corrected chi connectivity index (χ0v) is 9.57. The molecule has 0 aromatic heterocycles. The molecule has 1 aromatic carbocycles. The van der Waals surface area contributed by atoms with Crippen molar-refractivity contribution in [2.45, 2.75) is 19.3 Å². The Morgan fingerprint density at radius 3 is 3.00 bits per heavy atom. The maximum Gasteiger partial charge on any atom is 0.156 e. The minimum Gasteiger partial charge on any atom is -0.508 e. The fraction of sp³-hybridized carbons (Fsp3) is 0.267. The van der Waals surface area contributed by atoms with Crippen molar-refractivity contribution in [2.75, 3.05) is 0 Å². The molecule has 0 amide bonds. The minimum absolute atomic E-state index is 0.0932. The highest BCUT2D eigenvalue weighted by atomic mass is 16.3. The van der Waals surface area contributed by atoms with Crippen LogP contribution in [0.2, 0.25) is 0 Å². The second-order valence-corrected chi connectivity index (χ2v) is 4.90. The van der Waals surface area contributed by atoms with Crippen LogP contribution < -0.4 is 0 Å². The number of carbonyl (C=O) groups excluding carboxylic acids is 1. The van der Waals surface area contributed by atoms with E-state index in [9.17, 15) is 9.90 Å². The van der Waals surface area contributed by atoms with Gasteiger partial charge in [0.05, 0.1) is 0 Å². The number of carbonyl (C=O) groups is 1. The third-order valence-electron chi connectivity index (χ3n) is 3.93. The molecule has 0 fully saturated rings. The van der Waals surface area contributed by atoms with Crippen LogP contribution in [-0.4, -0.2) is 10.9 Å². The van der Waals surface area contributed by atoms with Gasteiger partial charge in [-0.15, -0.1) is 6.58 Å². The predicted molar refractivity (Wildman–Crippen MR) is 66.7 cm³/mol. The molecule has 86 valence electrons. The molecule has 0 heterocycles. The van der Waals surface area contributed by atoms with E-state index >= 15 is 0 Å². The summed E-state index contributed by atoms with van der Waals surface area (Å²) in [6, 6.07) is 5.38. The van der Waals surface area contributed by atoms with Crippen LogP contribution >= 0.6 is 0 Å². The summed E-state index contributed by atoms with van der Waals surface area (Å²) in [6.45, 7) is 3.93. The molecule has 2 aliphatic rings. The van der Waals surface area contributed by atoms with Gasteiger partial charge >= 0.3 is 0 Å². The Kier molecular flexibility index (Phi) is 2.02. The lowest BCUT2D eigenvalue weighted by Crippen LogP contribution is -2.23. The molecule has 0 spiro atoms. The summed E-state index contributed by atoms with van der Waals surface area (Å²) in [6.07, 6.45) is 5.99. The van der Waals surface area contributed by atoms with Gasteiger partial charge in [-0.3, -0.25) is 4.79 Å². The Bertz CT molecular complexity index is 554. The molecule has 2 heteroatoms. The molecule has 2 nitrogen and oxygen atoms in total. The third kappa shape index (κ3) is 1.37. The topological polar surface area (TPSA) is 37.3 Å². The van der Waals surface area contributed by atoms with Gasteiger partial charge in [-0.25, -0.2) is 0 Å². The first kappa shape index (κ1) is 10.3. The molecule has 0 aliphatic heterocycles. The van der Waals surface area contributed by atoms with Crippen molar-refractivity contribution in [3.05, 3.63) is 48.1 Å². The molecule has 0 bridgehead atoms. The molecule has 17 heavy (non-hydrogen) atoms. The number of hydrogen-bond donors (Lipinski definition) is 1. The molecule has 0 radical (unpaired) electrons. The summed E-state index contributed by atoms with van der Waals surface area (Å²) in [5.41, 5.74) is 3.20. The van der Waals surface area contributed by atoms with Gasteiger partial charge in [-0.2, -0.15) is 0 Å². The van der Waals surface area contributed by atoms with E-state index in [-0.39, 0.29) is 16.9 Å². The van der Waals surface area contributed by atoms with Gasteiger partial charge < -0.3 is 5.11 Å². The van der Waals surface area contributed by atoms with E-state index in [1.165, 1.54) is 0 Å². The van der Waals surface area contributed by atoms with Crippen LogP contribution in [0.5, 0.6) is 5.75 Å². The van der Waals surface area contributed by atoms with E-state index < -0.39 is 0 Å². The number of ketones is 1. The highest BCUT2D eigenvalue weighted by Crippen LogP contribution is 2.52. The normalized spacial score (nSPS) is 26.1. The van der Waals surface area contributed by atoms with Crippen molar-refractivity contribution >= 4 is 11.4 Å². The summed E-state index contributed by atoms with van der Waals surface area (Å²) in [5, 5.41) is 9.53. The van der Waals surface area contributed by atoms with E-state index in [1.54, 1.807) is 18.2 Å². The largest absolute Gasteiger partial charge is 0.508 e. The Morgan fingerprint density at radius 2 is 2.24 bits per heavy atom. The predicted octanol–water partition coefficient (Wildman–Crippen LogP) is 2.87. The Hall–Kier alpha value is -1.83. The Morgan fingerprint density at radius 1 is 1.41 bits per heavy atom. The molecule has 3 rings (SSSR count). The molecule has 0 saturated heterocycles. The smallest absolute Gasteiger partial charge is 0.156 e. The zero-order chi connectivity index (χ0) is 12.0. The van der Waals surface area contributed by atoms with Crippen molar-refractivity contribution in [1.82, 2.24) is 0 Å². The lowest BCUT2D eigenvalue weighted by Gasteiger charge is -2.30. The summed E-state index contributed by atoms with van der Waals surface area (Å²) in [7, 11) is 0. The third-order valence-corrected chi connectivity index (χ3v) is 3.93. The lowest BCUT2D eigenvalue weighted by atomic mass is 9.73. The number of benzene rings is 1. The van der Waals surface area contributed by atoms with Crippen LogP contribution in [0.3, 0.4) is 0 Å². The quantitative estimate of drug-likeness (QED) is 0.747. The van der Waals surface area contributed by atoms with Crippen molar-refractivity contribution in [3.63, 3.8) is 0 Å². The van der Waals surface area contributed by atoms with Gasteiger partial charge in [0.1, 0.15) is 5.75 Å². The Labute approximate surface area is 100 Å². The lowest BCUT2D eigenvalue weighted by molar-refractivity contribution is -0.115. The average Bonchev–Trinajstić information content (AvgIpc) is 2.62. The zero-order valence-electron chi connectivity index (χ0n) is 9.57. The number of phenols is 1. The highest BCUT2D eigenvalue weighted by Gasteiger charge is 2.41. The molecule has 0 saturated carbocycles. The monoisotopic (exact) mass is 226 g/mol. The van der Waals surface area contributed by atoms with Crippen molar-refractivity contribution < 1.29 is 9.90 Å². The average molecular weight is 226 g/mol. The van der Waals surface area contributed by atoms with Gasteiger partial charge in [-0.1, -0.05) is 12.1 Å². The van der Waals surface area contributed by atoms with E-state index in [4.69, 9.17) is 0 Å². The van der Waals surface area contributed by atoms with Crippen LogP contribution in [0.1, 0.15) is 24.0 Å².